The van der Waals surface area contributed by atoms with E-state index in [0.29, 0.717) is 18.1 Å². The monoisotopic (exact) mass is 524 g/mol. The first-order valence-corrected chi connectivity index (χ1v) is 11.9. The van der Waals surface area contributed by atoms with Crippen molar-refractivity contribution in [1.29, 1.82) is 5.26 Å². The number of nitrogens with two attached hydrogens (primary N) is 1. The van der Waals surface area contributed by atoms with Crippen molar-refractivity contribution in [3.8, 4) is 17.3 Å². The summed E-state index contributed by atoms with van der Waals surface area (Å²) in [7, 11) is 1.49. The van der Waals surface area contributed by atoms with E-state index in [4.69, 9.17) is 5.73 Å². The molecule has 2 heterocycles. The second-order valence-corrected chi connectivity index (χ2v) is 8.60. The Kier molecular flexibility index (Phi) is 8.06. The average molecular weight is 525 g/mol. The molecule has 5 N–H and O–H groups in total. The molecule has 196 valence electrons. The van der Waals surface area contributed by atoms with E-state index in [9.17, 15) is 19.2 Å². The predicted molar refractivity (Wildman–Crippen MR) is 144 cm³/mol. The summed E-state index contributed by atoms with van der Waals surface area (Å²) < 4.78 is 13.3. The van der Waals surface area contributed by atoms with E-state index in [0.717, 1.165) is 16.7 Å². The second-order valence-electron chi connectivity index (χ2n) is 8.60. The van der Waals surface area contributed by atoms with Gasteiger partial charge in [0.05, 0.1) is 29.1 Å². The molecule has 2 aromatic heterocycles. The number of nitrogens with zero attached hydrogens (tertiary/aromatic N) is 4. The number of hydrogen-bond acceptors (Lipinski definition) is 8. The summed E-state index contributed by atoms with van der Waals surface area (Å²) in [5.41, 5.74) is 9.11. The lowest BCUT2D eigenvalue weighted by Crippen LogP contribution is -2.28. The molecular formula is C28H25FN8O2. The van der Waals surface area contributed by atoms with E-state index >= 15 is 0 Å². The first-order valence-electron chi connectivity index (χ1n) is 11.9. The van der Waals surface area contributed by atoms with E-state index in [1.807, 2.05) is 30.3 Å². The van der Waals surface area contributed by atoms with Crippen molar-refractivity contribution < 1.29 is 14.0 Å². The molecule has 1 unspecified atom stereocenters. The lowest BCUT2D eigenvalue weighted by molar-refractivity contribution is 0.0937. The maximum Gasteiger partial charge on any atom is 0.273 e. The van der Waals surface area contributed by atoms with Crippen molar-refractivity contribution in [2.24, 2.45) is 0 Å². The van der Waals surface area contributed by atoms with Crippen LogP contribution in [0.1, 0.15) is 50.5 Å². The molecule has 0 fully saturated rings. The Labute approximate surface area is 224 Å². The maximum atomic E-state index is 13.3. The molecule has 4 aromatic rings. The average Bonchev–Trinajstić information content (AvgIpc) is 2.96. The van der Waals surface area contributed by atoms with Gasteiger partial charge in [0.15, 0.2) is 11.5 Å². The van der Waals surface area contributed by atoms with Crippen LogP contribution in [0.5, 0.6) is 0 Å². The molecule has 0 aliphatic heterocycles. The fraction of sp³-hybridized carbons (Fsp3) is 0.143. The Morgan fingerprint density at radius 1 is 1.05 bits per heavy atom. The highest BCUT2D eigenvalue weighted by atomic mass is 19.1. The molecule has 0 radical (unpaired) electrons. The van der Waals surface area contributed by atoms with E-state index in [1.54, 1.807) is 19.1 Å². The zero-order chi connectivity index (χ0) is 27.9. The largest absolute Gasteiger partial charge is 0.382 e. The Morgan fingerprint density at radius 2 is 1.77 bits per heavy atom. The van der Waals surface area contributed by atoms with Gasteiger partial charge >= 0.3 is 0 Å². The summed E-state index contributed by atoms with van der Waals surface area (Å²) in [5, 5.41) is 17.8. The number of nitriles is 1. The van der Waals surface area contributed by atoms with Gasteiger partial charge in [-0.15, -0.1) is 0 Å². The molecule has 11 heteroatoms. The number of halogens is 1. The van der Waals surface area contributed by atoms with E-state index in [-0.39, 0.29) is 28.5 Å². The van der Waals surface area contributed by atoms with Crippen LogP contribution in [-0.4, -0.2) is 33.8 Å². The number of anilines is 2. The fourth-order valence-corrected chi connectivity index (χ4v) is 3.75. The Bertz CT molecular complexity index is 1550. The summed E-state index contributed by atoms with van der Waals surface area (Å²) in [4.78, 5) is 37.7. The van der Waals surface area contributed by atoms with Gasteiger partial charge in [-0.3, -0.25) is 9.59 Å². The first kappa shape index (κ1) is 26.7. The molecule has 1 atom stereocenters. The third kappa shape index (κ3) is 6.31. The molecule has 39 heavy (non-hydrogen) atoms. The third-order valence-corrected chi connectivity index (χ3v) is 5.93. The number of nitrogens with one attached hydrogen (secondary N) is 3. The topological polar surface area (TPSA) is 159 Å². The van der Waals surface area contributed by atoms with Crippen LogP contribution >= 0.6 is 0 Å². The zero-order valence-electron chi connectivity index (χ0n) is 21.2. The van der Waals surface area contributed by atoms with E-state index < -0.39 is 17.9 Å². The van der Waals surface area contributed by atoms with Crippen molar-refractivity contribution in [3.63, 3.8) is 0 Å². The molecule has 2 aromatic carbocycles. The van der Waals surface area contributed by atoms with Gasteiger partial charge in [0.25, 0.3) is 11.8 Å². The van der Waals surface area contributed by atoms with Crippen molar-refractivity contribution in [1.82, 2.24) is 25.6 Å². The summed E-state index contributed by atoms with van der Waals surface area (Å²) in [5.74, 6) is -0.868. The molecule has 0 aliphatic rings. The number of pyridine rings is 1. The minimum Gasteiger partial charge on any atom is -0.382 e. The fourth-order valence-electron chi connectivity index (χ4n) is 3.75. The van der Waals surface area contributed by atoms with Gasteiger partial charge in [0.1, 0.15) is 17.7 Å². The van der Waals surface area contributed by atoms with Crippen LogP contribution in [0.25, 0.3) is 11.3 Å². The first-order chi connectivity index (χ1) is 18.8. The van der Waals surface area contributed by atoms with Crippen LogP contribution in [0, 0.1) is 17.1 Å². The molecule has 0 saturated carbocycles. The molecule has 4 rings (SSSR count). The lowest BCUT2D eigenvalue weighted by Gasteiger charge is -2.16. The standard InChI is InChI=1S/C28H25FN8O2/c1-16(19-7-9-21(29)10-8-19)36-27(38)22-11-18(12-30)14-35-26(22)34-13-17-3-5-20(6-4-17)23-15-33-25(31)24(37-23)28(39)32-2/h3-11,14-16H,13H2,1-2H3,(H2,31,33)(H,32,39)(H,34,35)(H,36,38). The van der Waals surface area contributed by atoms with Gasteiger partial charge in [0.2, 0.25) is 0 Å². The zero-order valence-corrected chi connectivity index (χ0v) is 21.2. The summed E-state index contributed by atoms with van der Waals surface area (Å²) in [6.07, 6.45) is 2.88. The van der Waals surface area contributed by atoms with Crippen molar-refractivity contribution in [3.05, 3.63) is 101 Å². The summed E-state index contributed by atoms with van der Waals surface area (Å²) in [6.45, 7) is 2.12. The SMILES string of the molecule is CNC(=O)c1nc(-c2ccc(CNc3ncc(C#N)cc3C(=O)NC(C)c3ccc(F)cc3)cc2)cnc1N. The molecule has 0 aliphatic carbocycles. The number of rotatable bonds is 8. The molecule has 0 spiro atoms. The number of amides is 2. The highest BCUT2D eigenvalue weighted by molar-refractivity contribution is 5.99. The predicted octanol–water partition coefficient (Wildman–Crippen LogP) is 3.59. The van der Waals surface area contributed by atoms with Gasteiger partial charge in [-0.25, -0.2) is 19.3 Å². The van der Waals surface area contributed by atoms with Crippen molar-refractivity contribution in [2.75, 3.05) is 18.1 Å². The highest BCUT2D eigenvalue weighted by Crippen LogP contribution is 2.21. The van der Waals surface area contributed by atoms with Crippen molar-refractivity contribution >= 4 is 23.5 Å². The van der Waals surface area contributed by atoms with Crippen LogP contribution < -0.4 is 21.7 Å². The number of benzene rings is 2. The normalized spacial score (nSPS) is 11.2. The molecule has 0 saturated heterocycles. The third-order valence-electron chi connectivity index (χ3n) is 5.93. The summed E-state index contributed by atoms with van der Waals surface area (Å²) in [6, 6.07) is 16.3. The minimum absolute atomic E-state index is 0.0423. The lowest BCUT2D eigenvalue weighted by atomic mass is 10.1. The van der Waals surface area contributed by atoms with Gasteiger partial charge < -0.3 is 21.7 Å². The summed E-state index contributed by atoms with van der Waals surface area (Å²) >= 11 is 0. The smallest absolute Gasteiger partial charge is 0.273 e. The number of nitrogen functional groups attached to an aromatic ring is 1. The number of carbonyl (C=O) groups excluding carboxylic acids is 2. The number of aromatic nitrogens is 3. The Hall–Kier alpha value is -5.37. The van der Waals surface area contributed by atoms with E-state index in [1.165, 1.54) is 37.6 Å². The Balaban J connectivity index is 1.49. The van der Waals surface area contributed by atoms with Crippen LogP contribution in [0.4, 0.5) is 16.0 Å². The van der Waals surface area contributed by atoms with Gasteiger partial charge in [-0.1, -0.05) is 36.4 Å². The second kappa shape index (κ2) is 11.8. The van der Waals surface area contributed by atoms with Crippen LogP contribution in [0.2, 0.25) is 0 Å². The van der Waals surface area contributed by atoms with Gasteiger partial charge in [-0.2, -0.15) is 5.26 Å². The van der Waals surface area contributed by atoms with Crippen LogP contribution in [0.3, 0.4) is 0 Å². The molecular weight excluding hydrogens is 499 g/mol. The molecule has 0 bridgehead atoms. The van der Waals surface area contributed by atoms with Crippen molar-refractivity contribution in [2.45, 2.75) is 19.5 Å². The van der Waals surface area contributed by atoms with Crippen LogP contribution in [-0.2, 0) is 6.54 Å². The number of hydrogen-bond donors (Lipinski definition) is 4. The highest BCUT2D eigenvalue weighted by Gasteiger charge is 2.18. The van der Waals surface area contributed by atoms with Gasteiger partial charge in [0, 0.05) is 25.4 Å². The van der Waals surface area contributed by atoms with Crippen LogP contribution in [0.15, 0.2) is 67.0 Å². The minimum atomic E-state index is -0.428. The molecule has 10 nitrogen and oxygen atoms in total. The Morgan fingerprint density at radius 3 is 2.44 bits per heavy atom. The van der Waals surface area contributed by atoms with E-state index in [2.05, 4.69) is 30.9 Å². The van der Waals surface area contributed by atoms with Gasteiger partial charge in [-0.05, 0) is 36.2 Å². The molecule has 2 amide bonds. The maximum absolute atomic E-state index is 13.3. The quantitative estimate of drug-likeness (QED) is 0.272. The number of carbonyl (C=O) groups is 2.